The van der Waals surface area contributed by atoms with Crippen LogP contribution in [-0.4, -0.2) is 52.5 Å². The molecule has 3 aromatic heterocycles. The molecule has 5 rings (SSSR count). The van der Waals surface area contributed by atoms with E-state index in [1.807, 2.05) is 0 Å². The van der Waals surface area contributed by atoms with Gasteiger partial charge in [-0.25, -0.2) is 19.9 Å². The summed E-state index contributed by atoms with van der Waals surface area (Å²) in [4.78, 5) is 30.0. The number of sulfonamides is 1. The fourth-order valence-corrected chi connectivity index (χ4v) is 5.60. The third-order valence-corrected chi connectivity index (χ3v) is 8.38. The molecule has 1 aliphatic rings. The summed E-state index contributed by atoms with van der Waals surface area (Å²) in [5.74, 6) is -0.721. The van der Waals surface area contributed by atoms with E-state index in [9.17, 15) is 31.5 Å². The largest absolute Gasteiger partial charge is 0.481 e. The molecule has 0 spiro atoms. The second-order valence-electron chi connectivity index (χ2n) is 10.0. The number of hydrogen-bond donors (Lipinski definition) is 2. The minimum Gasteiger partial charge on any atom is -0.481 e. The van der Waals surface area contributed by atoms with Gasteiger partial charge in [-0.2, -0.15) is 21.6 Å². The monoisotopic (exact) mass is 598 g/mol. The van der Waals surface area contributed by atoms with Crippen LogP contribution in [0.15, 0.2) is 78.1 Å². The molecule has 0 radical (unpaired) electrons. The van der Waals surface area contributed by atoms with Crippen molar-refractivity contribution in [3.8, 4) is 22.6 Å². The number of nitrogens with zero attached hydrogens (tertiary/aromatic N) is 5. The van der Waals surface area contributed by atoms with Crippen molar-refractivity contribution >= 4 is 27.6 Å². The lowest BCUT2D eigenvalue weighted by Crippen LogP contribution is -2.43. The first-order valence-electron chi connectivity index (χ1n) is 12.8. The van der Waals surface area contributed by atoms with Crippen LogP contribution in [0.25, 0.3) is 22.6 Å². The van der Waals surface area contributed by atoms with E-state index in [1.165, 1.54) is 36.7 Å². The first-order valence-corrected chi connectivity index (χ1v) is 14.3. The van der Waals surface area contributed by atoms with Crippen LogP contribution in [0.1, 0.15) is 25.3 Å². The van der Waals surface area contributed by atoms with Gasteiger partial charge in [0.1, 0.15) is 11.6 Å². The van der Waals surface area contributed by atoms with Crippen LogP contribution in [-0.2, 0) is 21.0 Å². The highest BCUT2D eigenvalue weighted by Gasteiger charge is 2.38. The van der Waals surface area contributed by atoms with E-state index in [2.05, 4.69) is 24.7 Å². The Kier molecular flexibility index (Phi) is 7.58. The number of piperidine rings is 1. The number of carboxylic acid groups (broad SMARTS) is 1. The molecule has 0 aliphatic carbocycles. The maximum absolute atomic E-state index is 14.1. The van der Waals surface area contributed by atoms with Crippen molar-refractivity contribution in [3.05, 3.63) is 78.6 Å². The number of nitrogens with one attached hydrogen (secondary N) is 1. The molecule has 4 aromatic rings. The molecule has 1 saturated heterocycles. The Balaban J connectivity index is 1.48. The lowest BCUT2D eigenvalue weighted by Gasteiger charge is -2.37. The Morgan fingerprint density at radius 2 is 1.60 bits per heavy atom. The van der Waals surface area contributed by atoms with Gasteiger partial charge in [-0.1, -0.05) is 30.3 Å². The highest BCUT2D eigenvalue weighted by atomic mass is 32.2. The number of hydrogen-bond acceptors (Lipinski definition) is 8. The Morgan fingerprint density at radius 3 is 2.24 bits per heavy atom. The smallest absolute Gasteiger partial charge is 0.418 e. The van der Waals surface area contributed by atoms with Crippen molar-refractivity contribution in [1.29, 1.82) is 0 Å². The zero-order chi connectivity index (χ0) is 30.1. The van der Waals surface area contributed by atoms with Gasteiger partial charge in [-0.3, -0.25) is 9.52 Å². The van der Waals surface area contributed by atoms with Crippen LogP contribution in [0.3, 0.4) is 0 Å². The number of carboxylic acids is 1. The third kappa shape index (κ3) is 5.88. The van der Waals surface area contributed by atoms with E-state index in [0.717, 1.165) is 12.1 Å². The van der Waals surface area contributed by atoms with E-state index in [4.69, 9.17) is 0 Å². The van der Waals surface area contributed by atoms with Crippen LogP contribution in [0.2, 0.25) is 0 Å². The van der Waals surface area contributed by atoms with Crippen molar-refractivity contribution in [2.24, 2.45) is 5.41 Å². The number of aromatic nitrogens is 4. The molecule has 42 heavy (non-hydrogen) atoms. The van der Waals surface area contributed by atoms with Crippen LogP contribution < -0.4 is 9.62 Å². The standard InChI is InChI=1S/C28H25F3N6O4S/c1-27(26(38)39)12-16-37(17-13-27)22-8-4-9-23(35-22)42(40,41)36-21-11-10-20(28(29,30)31)24(34-21)18-6-2-3-7-19(18)25-32-14-5-15-33-25/h2-11,14-15H,12-13,16-17H2,1H3,(H,34,36)(H,38,39). The van der Waals surface area contributed by atoms with Gasteiger partial charge < -0.3 is 10.0 Å². The molecule has 10 nitrogen and oxygen atoms in total. The number of pyridine rings is 2. The number of benzene rings is 1. The summed E-state index contributed by atoms with van der Waals surface area (Å²) < 4.78 is 71.0. The molecule has 4 heterocycles. The molecular weight excluding hydrogens is 573 g/mol. The third-order valence-electron chi connectivity index (χ3n) is 7.12. The average Bonchev–Trinajstić information content (AvgIpc) is 2.97. The van der Waals surface area contributed by atoms with Crippen molar-refractivity contribution in [2.45, 2.75) is 31.0 Å². The van der Waals surface area contributed by atoms with Crippen molar-refractivity contribution in [2.75, 3.05) is 22.7 Å². The van der Waals surface area contributed by atoms with Crippen LogP contribution in [0.4, 0.5) is 24.8 Å². The number of carbonyl (C=O) groups is 1. The van der Waals surface area contributed by atoms with Gasteiger partial charge in [0.25, 0.3) is 10.0 Å². The molecule has 1 aliphatic heterocycles. The number of halogens is 3. The normalized spacial score (nSPS) is 15.3. The Hall–Kier alpha value is -4.59. The van der Waals surface area contributed by atoms with Gasteiger partial charge in [-0.05, 0) is 50.1 Å². The zero-order valence-electron chi connectivity index (χ0n) is 22.2. The van der Waals surface area contributed by atoms with Gasteiger partial charge in [0.15, 0.2) is 10.9 Å². The quantitative estimate of drug-likeness (QED) is 0.297. The van der Waals surface area contributed by atoms with Gasteiger partial charge in [0, 0.05) is 36.6 Å². The summed E-state index contributed by atoms with van der Waals surface area (Å²) in [7, 11) is -4.37. The summed E-state index contributed by atoms with van der Waals surface area (Å²) in [6.45, 7) is 2.39. The van der Waals surface area contributed by atoms with Gasteiger partial charge in [-0.15, -0.1) is 0 Å². The predicted octanol–water partition coefficient (Wildman–Crippen LogP) is 5.11. The second kappa shape index (κ2) is 11.0. The fraction of sp³-hybridized carbons (Fsp3) is 0.250. The number of anilines is 2. The zero-order valence-corrected chi connectivity index (χ0v) is 23.0. The lowest BCUT2D eigenvalue weighted by atomic mass is 9.80. The molecule has 2 N–H and O–H groups in total. The topological polar surface area (TPSA) is 138 Å². The van der Waals surface area contributed by atoms with E-state index in [1.54, 1.807) is 36.1 Å². The summed E-state index contributed by atoms with van der Waals surface area (Å²) in [6, 6.07) is 13.8. The van der Waals surface area contributed by atoms with E-state index < -0.39 is 38.8 Å². The van der Waals surface area contributed by atoms with Crippen molar-refractivity contribution in [3.63, 3.8) is 0 Å². The van der Waals surface area contributed by atoms with Crippen LogP contribution >= 0.6 is 0 Å². The first kappa shape index (κ1) is 28.9. The molecule has 14 heteroatoms. The highest BCUT2D eigenvalue weighted by molar-refractivity contribution is 7.92. The summed E-state index contributed by atoms with van der Waals surface area (Å²) in [6.07, 6.45) is -1.17. The van der Waals surface area contributed by atoms with Crippen molar-refractivity contribution < 1.29 is 31.5 Å². The molecule has 218 valence electrons. The van der Waals surface area contributed by atoms with Crippen LogP contribution in [0.5, 0.6) is 0 Å². The number of rotatable bonds is 7. The Bertz CT molecular complexity index is 1730. The summed E-state index contributed by atoms with van der Waals surface area (Å²) in [5, 5.41) is 9.11. The van der Waals surface area contributed by atoms with Crippen LogP contribution in [0, 0.1) is 5.41 Å². The highest BCUT2D eigenvalue weighted by Crippen LogP contribution is 2.40. The number of aliphatic carboxylic acids is 1. The van der Waals surface area contributed by atoms with E-state index >= 15 is 0 Å². The first-order chi connectivity index (χ1) is 19.9. The minimum atomic E-state index is -4.79. The average molecular weight is 599 g/mol. The summed E-state index contributed by atoms with van der Waals surface area (Å²) in [5.41, 5.74) is -2.09. The molecule has 0 amide bonds. The molecule has 0 unspecified atom stereocenters. The molecule has 0 saturated carbocycles. The van der Waals surface area contributed by atoms with E-state index in [0.29, 0.717) is 31.7 Å². The maximum Gasteiger partial charge on any atom is 0.418 e. The molecule has 1 fully saturated rings. The maximum atomic E-state index is 14.1. The summed E-state index contributed by atoms with van der Waals surface area (Å²) >= 11 is 0. The Labute approximate surface area is 239 Å². The predicted molar refractivity (Wildman–Crippen MR) is 148 cm³/mol. The molecule has 1 aromatic carbocycles. The van der Waals surface area contributed by atoms with Gasteiger partial charge in [0.2, 0.25) is 0 Å². The molecular formula is C28H25F3N6O4S. The van der Waals surface area contributed by atoms with Gasteiger partial charge in [0.05, 0.1) is 16.7 Å². The Morgan fingerprint density at radius 1 is 0.929 bits per heavy atom. The van der Waals surface area contributed by atoms with E-state index in [-0.39, 0.29) is 27.8 Å². The fourth-order valence-electron chi connectivity index (χ4n) is 4.64. The second-order valence-corrected chi connectivity index (χ2v) is 11.6. The number of alkyl halides is 3. The van der Waals surface area contributed by atoms with Gasteiger partial charge >= 0.3 is 12.1 Å². The molecule has 0 atom stereocenters. The van der Waals surface area contributed by atoms with Crippen molar-refractivity contribution in [1.82, 2.24) is 19.9 Å². The molecule has 0 bridgehead atoms. The lowest BCUT2D eigenvalue weighted by molar-refractivity contribution is -0.149. The minimum absolute atomic E-state index is 0.0654. The SMILES string of the molecule is CC1(C(=O)O)CCN(c2cccc(S(=O)(=O)Nc3ccc(C(F)(F)F)c(-c4ccccc4-c4ncccn4)n3)n2)CC1.